The molecule has 3 rings (SSSR count). The lowest BCUT2D eigenvalue weighted by atomic mass is 9.90. The molecule has 0 fully saturated rings. The maximum Gasteiger partial charge on any atom is 0.204 e. The van der Waals surface area contributed by atoms with Crippen LogP contribution in [-0.4, -0.2) is 16.6 Å². The van der Waals surface area contributed by atoms with Crippen LogP contribution in [0.15, 0.2) is 65.8 Å². The van der Waals surface area contributed by atoms with Crippen LogP contribution < -0.4 is 10.9 Å². The van der Waals surface area contributed by atoms with Gasteiger partial charge in [-0.15, -0.1) is 0 Å². The van der Waals surface area contributed by atoms with Crippen LogP contribution >= 0.6 is 11.6 Å². The van der Waals surface area contributed by atoms with Gasteiger partial charge in [0.1, 0.15) is 0 Å². The normalized spacial score (nSPS) is 12.1. The molecule has 0 bridgehead atoms. The molecular weight excluding hydrogens is 360 g/mol. The predicted molar refractivity (Wildman–Crippen MR) is 112 cm³/mol. The Hall–Kier alpha value is -2.92. The van der Waals surface area contributed by atoms with Gasteiger partial charge < -0.3 is 0 Å². The average molecular weight is 381 g/mol. The van der Waals surface area contributed by atoms with Crippen molar-refractivity contribution in [3.8, 4) is 0 Å². The molecular formula is C21H21ClN4O. The first-order valence-electron chi connectivity index (χ1n) is 8.59. The van der Waals surface area contributed by atoms with Crippen LogP contribution in [0.25, 0.3) is 10.9 Å². The molecule has 0 saturated carbocycles. The number of hydrazine groups is 1. The molecule has 1 aromatic heterocycles. The number of hydrogen-bond acceptors (Lipinski definition) is 4. The minimum Gasteiger partial charge on any atom is -0.300 e. The van der Waals surface area contributed by atoms with Gasteiger partial charge in [-0.1, -0.05) is 50.6 Å². The fraction of sp³-hybridized carbons (Fsp3) is 0.190. The number of nitrogens with zero attached hydrogens (tertiary/aromatic N) is 2. The number of anilines is 1. The van der Waals surface area contributed by atoms with Crippen LogP contribution in [0.2, 0.25) is 5.02 Å². The van der Waals surface area contributed by atoms with E-state index >= 15 is 0 Å². The third-order valence-corrected chi connectivity index (χ3v) is 4.16. The fourth-order valence-electron chi connectivity index (χ4n) is 2.45. The first-order chi connectivity index (χ1) is 12.8. The van der Waals surface area contributed by atoms with Crippen molar-refractivity contribution in [1.82, 2.24) is 10.4 Å². The van der Waals surface area contributed by atoms with Gasteiger partial charge >= 0.3 is 0 Å². The van der Waals surface area contributed by atoms with Gasteiger partial charge in [0.2, 0.25) is 5.78 Å². The van der Waals surface area contributed by atoms with Crippen LogP contribution in [0, 0.1) is 5.41 Å². The molecule has 5 nitrogen and oxygen atoms in total. The van der Waals surface area contributed by atoms with Gasteiger partial charge in [0, 0.05) is 22.0 Å². The smallest absolute Gasteiger partial charge is 0.204 e. The van der Waals surface area contributed by atoms with E-state index in [4.69, 9.17) is 11.6 Å². The Bertz CT molecular complexity index is 986. The molecule has 0 amide bonds. The van der Waals surface area contributed by atoms with Crippen molar-refractivity contribution in [3.05, 3.63) is 65.8 Å². The van der Waals surface area contributed by atoms with Crippen molar-refractivity contribution in [2.75, 3.05) is 5.43 Å². The Morgan fingerprint density at radius 1 is 1.04 bits per heavy atom. The number of ketones is 1. The highest BCUT2D eigenvalue weighted by molar-refractivity contribution is 6.41. The minimum absolute atomic E-state index is 0.114. The average Bonchev–Trinajstić information content (AvgIpc) is 2.65. The van der Waals surface area contributed by atoms with E-state index in [1.807, 2.05) is 63.2 Å². The Labute approximate surface area is 163 Å². The fourth-order valence-corrected chi connectivity index (χ4v) is 2.58. The molecule has 6 heteroatoms. The van der Waals surface area contributed by atoms with E-state index in [0.29, 0.717) is 10.7 Å². The maximum absolute atomic E-state index is 12.9. The lowest BCUT2D eigenvalue weighted by Gasteiger charge is -2.20. The van der Waals surface area contributed by atoms with E-state index in [1.54, 1.807) is 18.3 Å². The third-order valence-electron chi connectivity index (χ3n) is 3.91. The van der Waals surface area contributed by atoms with E-state index in [0.717, 1.165) is 16.6 Å². The number of para-hydroxylation sites is 1. The zero-order chi connectivity index (χ0) is 19.4. The molecule has 0 aliphatic carbocycles. The molecule has 0 aliphatic heterocycles. The highest BCUT2D eigenvalue weighted by atomic mass is 35.5. The molecule has 0 unspecified atom stereocenters. The second kappa shape index (κ2) is 7.76. The third kappa shape index (κ3) is 4.63. The number of halogens is 1. The standard InChI is InChI=1S/C21H21ClN4O/c1-21(2,3)19(27)20(26-25-16-11-9-15(22)10-12-16)24-17-8-4-6-14-7-5-13-23-18(14)17/h4-13,25H,1-3H3,(H,24,26). The summed E-state index contributed by atoms with van der Waals surface area (Å²) >= 11 is 5.91. The van der Waals surface area contributed by atoms with Gasteiger partial charge in [-0.2, -0.15) is 0 Å². The summed E-state index contributed by atoms with van der Waals surface area (Å²) in [6.07, 6.45) is 1.71. The number of hydrogen-bond donors (Lipinski definition) is 2. The molecule has 3 aromatic rings. The summed E-state index contributed by atoms with van der Waals surface area (Å²) in [4.78, 5) is 21.9. The second-order valence-electron chi connectivity index (χ2n) is 7.15. The van der Waals surface area contributed by atoms with Gasteiger partial charge in [-0.05, 0) is 36.4 Å². The molecule has 0 atom stereocenters. The number of aliphatic imine (C=N–C) groups is 1. The Morgan fingerprint density at radius 2 is 1.74 bits per heavy atom. The Balaban J connectivity index is 1.97. The van der Waals surface area contributed by atoms with Gasteiger partial charge in [0.25, 0.3) is 0 Å². The van der Waals surface area contributed by atoms with E-state index in [1.165, 1.54) is 0 Å². The Morgan fingerprint density at radius 3 is 2.44 bits per heavy atom. The lowest BCUT2D eigenvalue weighted by Crippen LogP contribution is -2.41. The summed E-state index contributed by atoms with van der Waals surface area (Å²) in [6.45, 7) is 5.57. The van der Waals surface area contributed by atoms with Crippen molar-refractivity contribution >= 4 is 45.5 Å². The number of fused-ring (bicyclic) bond motifs is 1. The van der Waals surface area contributed by atoms with Crippen molar-refractivity contribution in [1.29, 1.82) is 0 Å². The SMILES string of the molecule is CC(C)(C)C(=O)C(=Nc1cccc2cccnc12)NNc1ccc(Cl)cc1. The van der Waals surface area contributed by atoms with E-state index < -0.39 is 5.41 Å². The lowest BCUT2D eigenvalue weighted by molar-refractivity contribution is -0.119. The predicted octanol–water partition coefficient (Wildman–Crippen LogP) is 5.15. The van der Waals surface area contributed by atoms with Crippen molar-refractivity contribution in [2.24, 2.45) is 10.4 Å². The van der Waals surface area contributed by atoms with Crippen molar-refractivity contribution in [2.45, 2.75) is 20.8 Å². The number of amidine groups is 1. The molecule has 27 heavy (non-hydrogen) atoms. The molecule has 2 aromatic carbocycles. The molecule has 138 valence electrons. The first kappa shape index (κ1) is 18.9. The number of aromatic nitrogens is 1. The number of rotatable bonds is 4. The summed E-state index contributed by atoms with van der Waals surface area (Å²) in [5.74, 6) is 0.104. The number of carbonyl (C=O) groups is 1. The van der Waals surface area contributed by atoms with Crippen LogP contribution in [-0.2, 0) is 4.79 Å². The number of benzene rings is 2. The van der Waals surface area contributed by atoms with Gasteiger partial charge in [-0.3, -0.25) is 20.6 Å². The topological polar surface area (TPSA) is 66.4 Å². The number of nitrogens with one attached hydrogen (secondary N) is 2. The summed E-state index contributed by atoms with van der Waals surface area (Å²) in [5, 5.41) is 1.61. The van der Waals surface area contributed by atoms with Crippen LogP contribution in [0.5, 0.6) is 0 Å². The molecule has 1 heterocycles. The van der Waals surface area contributed by atoms with Crippen molar-refractivity contribution in [3.63, 3.8) is 0 Å². The van der Waals surface area contributed by atoms with Gasteiger partial charge in [-0.25, -0.2) is 4.99 Å². The summed E-state index contributed by atoms with van der Waals surface area (Å²) in [7, 11) is 0. The summed E-state index contributed by atoms with van der Waals surface area (Å²) in [5.41, 5.74) is 7.52. The minimum atomic E-state index is -0.592. The quantitative estimate of drug-likeness (QED) is 0.373. The van der Waals surface area contributed by atoms with Gasteiger partial charge in [0.05, 0.1) is 16.9 Å². The largest absolute Gasteiger partial charge is 0.300 e. The molecule has 2 N–H and O–H groups in total. The number of carbonyl (C=O) groups excluding carboxylic acids is 1. The molecule has 0 spiro atoms. The van der Waals surface area contributed by atoms with Crippen molar-refractivity contribution < 1.29 is 4.79 Å². The van der Waals surface area contributed by atoms with E-state index in [9.17, 15) is 4.79 Å². The summed E-state index contributed by atoms with van der Waals surface area (Å²) < 4.78 is 0. The number of pyridine rings is 1. The number of Topliss-reactive ketones (excluding diaryl/α,β-unsaturated/α-hetero) is 1. The molecule has 0 aliphatic rings. The summed E-state index contributed by atoms with van der Waals surface area (Å²) in [6, 6.07) is 16.7. The molecule has 0 radical (unpaired) electrons. The monoisotopic (exact) mass is 380 g/mol. The first-order valence-corrected chi connectivity index (χ1v) is 8.97. The zero-order valence-corrected chi connectivity index (χ0v) is 16.2. The van der Waals surface area contributed by atoms with E-state index in [2.05, 4.69) is 20.8 Å². The van der Waals surface area contributed by atoms with Crippen LogP contribution in [0.4, 0.5) is 11.4 Å². The Kier molecular flexibility index (Phi) is 5.42. The second-order valence-corrected chi connectivity index (χ2v) is 7.59. The highest BCUT2D eigenvalue weighted by Crippen LogP contribution is 2.25. The maximum atomic E-state index is 12.9. The van der Waals surface area contributed by atoms with Crippen LogP contribution in [0.3, 0.4) is 0 Å². The van der Waals surface area contributed by atoms with Crippen LogP contribution in [0.1, 0.15) is 20.8 Å². The van der Waals surface area contributed by atoms with E-state index in [-0.39, 0.29) is 11.6 Å². The molecule has 0 saturated heterocycles. The van der Waals surface area contributed by atoms with Gasteiger partial charge in [0.15, 0.2) is 5.84 Å². The zero-order valence-electron chi connectivity index (χ0n) is 15.5. The highest BCUT2D eigenvalue weighted by Gasteiger charge is 2.27.